The molecule has 0 unspecified atom stereocenters. The van der Waals surface area contributed by atoms with Gasteiger partial charge in [-0.3, -0.25) is 4.90 Å². The van der Waals surface area contributed by atoms with Crippen LogP contribution in [0.3, 0.4) is 0 Å². The lowest BCUT2D eigenvalue weighted by Crippen LogP contribution is -2.47. The monoisotopic (exact) mass is 445 g/mol. The van der Waals surface area contributed by atoms with Crippen LogP contribution in [0.1, 0.15) is 16.8 Å². The predicted octanol–water partition coefficient (Wildman–Crippen LogP) is 3.38. The summed E-state index contributed by atoms with van der Waals surface area (Å²) in [6.45, 7) is 6.58. The van der Waals surface area contributed by atoms with Gasteiger partial charge in [-0.15, -0.1) is 0 Å². The van der Waals surface area contributed by atoms with Gasteiger partial charge in [0.15, 0.2) is 11.5 Å². The molecule has 2 aliphatic rings. The Morgan fingerprint density at radius 3 is 2.36 bits per heavy atom. The third kappa shape index (κ3) is 4.73. The summed E-state index contributed by atoms with van der Waals surface area (Å²) >= 11 is 0. The minimum Gasteiger partial charge on any atom is -0.493 e. The van der Waals surface area contributed by atoms with Crippen LogP contribution in [0.2, 0.25) is 0 Å². The molecule has 3 aromatic rings. The quantitative estimate of drug-likeness (QED) is 0.577. The molecule has 1 fully saturated rings. The number of hydrogen-bond donors (Lipinski definition) is 0. The lowest BCUT2D eigenvalue weighted by atomic mass is 10.1. The van der Waals surface area contributed by atoms with Crippen LogP contribution in [-0.4, -0.2) is 61.8 Å². The molecule has 3 heterocycles. The Hall–Kier alpha value is -3.32. The van der Waals surface area contributed by atoms with Crippen molar-refractivity contribution in [3.63, 3.8) is 0 Å². The van der Waals surface area contributed by atoms with Gasteiger partial charge in [0.1, 0.15) is 0 Å². The number of anilines is 2. The number of ether oxygens (including phenoxy) is 2. The summed E-state index contributed by atoms with van der Waals surface area (Å²) in [5.41, 5.74) is 4.92. The van der Waals surface area contributed by atoms with Gasteiger partial charge in [0, 0.05) is 69.7 Å². The summed E-state index contributed by atoms with van der Waals surface area (Å²) in [7, 11) is 3.34. The van der Waals surface area contributed by atoms with E-state index in [2.05, 4.69) is 57.2 Å². The van der Waals surface area contributed by atoms with Gasteiger partial charge >= 0.3 is 0 Å². The van der Waals surface area contributed by atoms with Crippen LogP contribution in [0.25, 0.3) is 0 Å². The molecule has 0 amide bonds. The van der Waals surface area contributed by atoms with Gasteiger partial charge in [0.25, 0.3) is 0 Å². The number of methoxy groups -OCH3 is 2. The summed E-state index contributed by atoms with van der Waals surface area (Å²) in [5.74, 6) is 2.40. The molecule has 0 aliphatic carbocycles. The Balaban J connectivity index is 1.21. The highest BCUT2D eigenvalue weighted by Crippen LogP contribution is 2.29. The van der Waals surface area contributed by atoms with Gasteiger partial charge in [-0.2, -0.15) is 0 Å². The number of nitrogens with zero attached hydrogens (tertiary/aromatic N) is 5. The molecule has 2 aromatic carbocycles. The lowest BCUT2D eigenvalue weighted by Gasteiger charge is -2.36. The second-order valence-electron chi connectivity index (χ2n) is 8.60. The Morgan fingerprint density at radius 2 is 1.61 bits per heavy atom. The Labute approximate surface area is 195 Å². The van der Waals surface area contributed by atoms with Gasteiger partial charge in [-0.25, -0.2) is 9.97 Å². The second kappa shape index (κ2) is 9.67. The van der Waals surface area contributed by atoms with E-state index in [4.69, 9.17) is 19.4 Å². The smallest absolute Gasteiger partial charge is 0.225 e. The van der Waals surface area contributed by atoms with Crippen LogP contribution >= 0.6 is 0 Å². The molecule has 172 valence electrons. The van der Waals surface area contributed by atoms with E-state index < -0.39 is 0 Å². The summed E-state index contributed by atoms with van der Waals surface area (Å²) in [5, 5.41) is 0. The van der Waals surface area contributed by atoms with E-state index in [1.807, 2.05) is 12.3 Å². The molecule has 0 saturated carbocycles. The van der Waals surface area contributed by atoms with Gasteiger partial charge in [0.2, 0.25) is 5.95 Å². The van der Waals surface area contributed by atoms with Crippen molar-refractivity contribution in [3.05, 3.63) is 71.5 Å². The van der Waals surface area contributed by atoms with Crippen LogP contribution in [-0.2, 0) is 19.5 Å². The predicted molar refractivity (Wildman–Crippen MR) is 130 cm³/mol. The number of piperazine rings is 1. The fraction of sp³-hybridized carbons (Fsp3) is 0.385. The summed E-state index contributed by atoms with van der Waals surface area (Å²) in [4.78, 5) is 16.9. The first-order valence-corrected chi connectivity index (χ1v) is 11.6. The number of hydrogen-bond acceptors (Lipinski definition) is 7. The van der Waals surface area contributed by atoms with E-state index in [1.54, 1.807) is 14.2 Å². The largest absolute Gasteiger partial charge is 0.493 e. The third-order valence-electron chi connectivity index (χ3n) is 6.54. The number of rotatable bonds is 6. The maximum atomic E-state index is 5.45. The summed E-state index contributed by atoms with van der Waals surface area (Å²) < 4.78 is 10.8. The molecule has 2 aliphatic heterocycles. The van der Waals surface area contributed by atoms with Crippen molar-refractivity contribution in [2.24, 2.45) is 0 Å². The normalized spacial score (nSPS) is 16.4. The van der Waals surface area contributed by atoms with E-state index in [1.165, 1.54) is 22.5 Å². The van der Waals surface area contributed by atoms with E-state index in [-0.39, 0.29) is 0 Å². The highest BCUT2D eigenvalue weighted by Gasteiger charge is 2.23. The molecule has 0 N–H and O–H groups in total. The number of fused-ring (bicyclic) bond motifs is 1. The first kappa shape index (κ1) is 21.5. The maximum Gasteiger partial charge on any atom is 0.225 e. The zero-order valence-electron chi connectivity index (χ0n) is 19.4. The van der Waals surface area contributed by atoms with Crippen molar-refractivity contribution in [3.8, 4) is 11.5 Å². The summed E-state index contributed by atoms with van der Waals surface area (Å²) in [6.07, 6.45) is 2.98. The van der Waals surface area contributed by atoms with Crippen molar-refractivity contribution in [2.75, 3.05) is 56.7 Å². The topological polar surface area (TPSA) is 54.0 Å². The number of benzene rings is 2. The minimum atomic E-state index is 0.760. The highest BCUT2D eigenvalue weighted by atomic mass is 16.5. The second-order valence-corrected chi connectivity index (χ2v) is 8.60. The SMILES string of the molecule is COc1ccc(CN2CCc3nc(N4CCN(c5ccccc5)CC4)ncc3C2)cc1OC. The number of aromatic nitrogens is 2. The molecular weight excluding hydrogens is 414 g/mol. The van der Waals surface area contributed by atoms with Gasteiger partial charge in [-0.05, 0) is 29.8 Å². The first-order chi connectivity index (χ1) is 16.2. The van der Waals surface area contributed by atoms with Gasteiger partial charge in [-0.1, -0.05) is 24.3 Å². The molecule has 0 bridgehead atoms. The van der Waals surface area contributed by atoms with E-state index in [0.29, 0.717) is 0 Å². The molecule has 7 heteroatoms. The van der Waals surface area contributed by atoms with Crippen molar-refractivity contribution < 1.29 is 9.47 Å². The van der Waals surface area contributed by atoms with Gasteiger partial charge < -0.3 is 19.3 Å². The van der Waals surface area contributed by atoms with Crippen LogP contribution in [0, 0.1) is 0 Å². The maximum absolute atomic E-state index is 5.45. The molecular formula is C26H31N5O2. The average molecular weight is 446 g/mol. The fourth-order valence-electron chi connectivity index (χ4n) is 4.69. The lowest BCUT2D eigenvalue weighted by molar-refractivity contribution is 0.242. The van der Waals surface area contributed by atoms with E-state index >= 15 is 0 Å². The summed E-state index contributed by atoms with van der Waals surface area (Å²) in [6, 6.07) is 16.8. The molecule has 0 atom stereocenters. The molecule has 1 saturated heterocycles. The molecule has 0 radical (unpaired) electrons. The minimum absolute atomic E-state index is 0.760. The van der Waals surface area contributed by atoms with Crippen LogP contribution < -0.4 is 19.3 Å². The van der Waals surface area contributed by atoms with Crippen molar-refractivity contribution in [2.45, 2.75) is 19.5 Å². The average Bonchev–Trinajstić information content (AvgIpc) is 2.89. The van der Waals surface area contributed by atoms with Crippen molar-refractivity contribution in [1.29, 1.82) is 0 Å². The zero-order chi connectivity index (χ0) is 22.6. The van der Waals surface area contributed by atoms with Gasteiger partial charge in [0.05, 0.1) is 19.9 Å². The third-order valence-corrected chi connectivity index (χ3v) is 6.54. The number of para-hydroxylation sites is 1. The molecule has 1 aromatic heterocycles. The Morgan fingerprint density at radius 1 is 0.848 bits per heavy atom. The fourth-order valence-corrected chi connectivity index (χ4v) is 4.69. The molecule has 0 spiro atoms. The standard InChI is InChI=1S/C26H31N5O2/c1-32-24-9-8-20(16-25(24)33-2)18-29-11-10-23-21(19-29)17-27-26(28-23)31-14-12-30(13-15-31)22-6-4-3-5-7-22/h3-9,16-17H,10-15,18-19H2,1-2H3. The van der Waals surface area contributed by atoms with Crippen LogP contribution in [0.5, 0.6) is 11.5 Å². The van der Waals surface area contributed by atoms with E-state index in [9.17, 15) is 0 Å². The van der Waals surface area contributed by atoms with E-state index in [0.717, 1.165) is 69.7 Å². The van der Waals surface area contributed by atoms with Crippen LogP contribution in [0.15, 0.2) is 54.7 Å². The van der Waals surface area contributed by atoms with Crippen molar-refractivity contribution >= 4 is 11.6 Å². The van der Waals surface area contributed by atoms with Crippen molar-refractivity contribution in [1.82, 2.24) is 14.9 Å². The Kier molecular flexibility index (Phi) is 6.30. The molecule has 5 rings (SSSR count). The first-order valence-electron chi connectivity index (χ1n) is 11.6. The zero-order valence-corrected chi connectivity index (χ0v) is 19.4. The molecule has 33 heavy (non-hydrogen) atoms. The molecule has 7 nitrogen and oxygen atoms in total. The highest BCUT2D eigenvalue weighted by molar-refractivity contribution is 5.48. The Bertz CT molecular complexity index is 1080. The van der Waals surface area contributed by atoms with Crippen LogP contribution in [0.4, 0.5) is 11.6 Å².